The lowest BCUT2D eigenvalue weighted by Crippen LogP contribution is -2.07. The second-order valence-corrected chi connectivity index (χ2v) is 7.07. The largest absolute Gasteiger partial charge is 0.353 e. The highest BCUT2D eigenvalue weighted by Crippen LogP contribution is 2.37. The summed E-state index contributed by atoms with van der Waals surface area (Å²) in [4.78, 5) is 28.3. The van der Waals surface area contributed by atoms with Crippen LogP contribution >= 0.6 is 11.6 Å². The van der Waals surface area contributed by atoms with Gasteiger partial charge in [-0.25, -0.2) is 4.98 Å². The van der Waals surface area contributed by atoms with E-state index in [4.69, 9.17) is 16.6 Å². The number of anilines is 1. The third kappa shape index (κ3) is 3.34. The van der Waals surface area contributed by atoms with E-state index in [9.17, 15) is 4.79 Å². The molecule has 1 amide bonds. The molecule has 0 saturated carbocycles. The molecule has 4 aromatic heterocycles. The Bertz CT molecular complexity index is 1210. The predicted octanol–water partition coefficient (Wildman–Crippen LogP) is 4.92. The molecule has 0 bridgehead atoms. The molecule has 0 aliphatic heterocycles. The normalized spacial score (nSPS) is 11.0. The molecule has 6 nitrogen and oxygen atoms in total. The highest BCUT2D eigenvalue weighted by Gasteiger charge is 2.18. The van der Waals surface area contributed by atoms with Gasteiger partial charge in [-0.2, -0.15) is 0 Å². The van der Waals surface area contributed by atoms with Crippen LogP contribution in [-0.4, -0.2) is 25.8 Å². The Morgan fingerprint density at radius 2 is 1.96 bits per heavy atom. The Morgan fingerprint density at radius 3 is 2.71 bits per heavy atom. The van der Waals surface area contributed by atoms with Gasteiger partial charge in [0.1, 0.15) is 5.82 Å². The van der Waals surface area contributed by atoms with Gasteiger partial charge in [0, 0.05) is 30.6 Å². The second kappa shape index (κ2) is 7.05. The second-order valence-electron chi connectivity index (χ2n) is 6.63. The smallest absolute Gasteiger partial charge is 0.222 e. The summed E-state index contributed by atoms with van der Waals surface area (Å²) in [6, 6.07) is 9.57. The minimum absolute atomic E-state index is 0.175. The lowest BCUT2D eigenvalue weighted by atomic mass is 10.0. The monoisotopic (exact) mass is 391 g/mol. The number of nitrogens with zero attached hydrogens (tertiary/aromatic N) is 3. The molecule has 0 radical (unpaired) electrons. The molecule has 0 aromatic carbocycles. The zero-order chi connectivity index (χ0) is 19.8. The predicted molar refractivity (Wildman–Crippen MR) is 111 cm³/mol. The molecule has 0 saturated heterocycles. The maximum atomic E-state index is 11.4. The van der Waals surface area contributed by atoms with Crippen LogP contribution in [0.1, 0.15) is 18.2 Å². The van der Waals surface area contributed by atoms with Crippen molar-refractivity contribution in [2.75, 3.05) is 5.32 Å². The average Bonchev–Trinajstić information content (AvgIpc) is 3.02. The van der Waals surface area contributed by atoms with Gasteiger partial charge in [0.25, 0.3) is 0 Å². The highest BCUT2D eigenvalue weighted by atomic mass is 35.5. The van der Waals surface area contributed by atoms with Crippen molar-refractivity contribution in [3.63, 3.8) is 0 Å². The number of rotatable bonds is 3. The maximum absolute atomic E-state index is 11.4. The van der Waals surface area contributed by atoms with Gasteiger partial charge in [-0.3, -0.25) is 14.8 Å². The van der Waals surface area contributed by atoms with Crippen molar-refractivity contribution < 1.29 is 4.79 Å². The van der Waals surface area contributed by atoms with Crippen LogP contribution in [-0.2, 0) is 4.79 Å². The fraction of sp³-hybridized carbons (Fsp3) is 0.143. The van der Waals surface area contributed by atoms with E-state index in [-0.39, 0.29) is 5.91 Å². The van der Waals surface area contributed by atoms with Gasteiger partial charge >= 0.3 is 0 Å². The fourth-order valence-electron chi connectivity index (χ4n) is 3.12. The lowest BCUT2D eigenvalue weighted by Gasteiger charge is -2.08. The summed E-state index contributed by atoms with van der Waals surface area (Å²) in [7, 11) is 0. The first kappa shape index (κ1) is 18.1. The van der Waals surface area contributed by atoms with E-state index in [1.807, 2.05) is 44.2 Å². The summed E-state index contributed by atoms with van der Waals surface area (Å²) >= 11 is 6.15. The van der Waals surface area contributed by atoms with Gasteiger partial charge in [0.05, 0.1) is 33.0 Å². The van der Waals surface area contributed by atoms with E-state index in [0.29, 0.717) is 10.8 Å². The van der Waals surface area contributed by atoms with Gasteiger partial charge in [-0.15, -0.1) is 0 Å². The summed E-state index contributed by atoms with van der Waals surface area (Å²) in [6.45, 7) is 5.47. The molecule has 28 heavy (non-hydrogen) atoms. The first-order chi connectivity index (χ1) is 13.4. The summed E-state index contributed by atoms with van der Waals surface area (Å²) in [5, 5.41) is 3.27. The average molecular weight is 392 g/mol. The fourth-order valence-corrected chi connectivity index (χ4v) is 3.28. The maximum Gasteiger partial charge on any atom is 0.222 e. The summed E-state index contributed by atoms with van der Waals surface area (Å²) in [6.07, 6.45) is 3.28. The number of hydrogen-bond acceptors (Lipinski definition) is 4. The Kier molecular flexibility index (Phi) is 4.57. The molecule has 4 rings (SSSR count). The Hall–Kier alpha value is -3.25. The molecule has 0 aliphatic carbocycles. The topological polar surface area (TPSA) is 83.6 Å². The molecule has 0 fully saturated rings. The first-order valence-corrected chi connectivity index (χ1v) is 9.16. The first-order valence-electron chi connectivity index (χ1n) is 8.78. The molecule has 7 heteroatoms. The number of carbonyl (C=O) groups is 1. The third-order valence-electron chi connectivity index (χ3n) is 4.56. The van der Waals surface area contributed by atoms with Gasteiger partial charge in [0.15, 0.2) is 0 Å². The number of nitrogens with one attached hydrogen (secondary N) is 2. The van der Waals surface area contributed by atoms with E-state index in [1.54, 1.807) is 12.4 Å². The molecule has 0 spiro atoms. The van der Waals surface area contributed by atoms with Crippen molar-refractivity contribution >= 4 is 34.4 Å². The van der Waals surface area contributed by atoms with Gasteiger partial charge in [-0.05, 0) is 43.7 Å². The third-order valence-corrected chi connectivity index (χ3v) is 4.77. The molecular formula is C21H18ClN5O. The van der Waals surface area contributed by atoms with Gasteiger partial charge < -0.3 is 10.3 Å². The van der Waals surface area contributed by atoms with Crippen LogP contribution in [0.25, 0.3) is 33.5 Å². The van der Waals surface area contributed by atoms with Crippen molar-refractivity contribution in [2.24, 2.45) is 0 Å². The standard InChI is InChI=1S/C21H18ClN5O/c1-11-4-5-16(25-12(11)2)19-20(27-17-9-15(22)10-24-21(17)19)14-6-7-23-18(8-14)26-13(3)28/h4-10,27H,1-3H3,(H,23,26,28). The molecule has 140 valence electrons. The number of H-pyrrole nitrogens is 1. The summed E-state index contributed by atoms with van der Waals surface area (Å²) < 4.78 is 0. The van der Waals surface area contributed by atoms with Crippen molar-refractivity contribution in [3.05, 3.63) is 59.0 Å². The van der Waals surface area contributed by atoms with E-state index in [1.165, 1.54) is 6.92 Å². The Labute approximate surface area is 167 Å². The van der Waals surface area contributed by atoms with Gasteiger partial charge in [-0.1, -0.05) is 17.7 Å². The number of aromatic nitrogens is 4. The van der Waals surface area contributed by atoms with Crippen molar-refractivity contribution in [1.29, 1.82) is 0 Å². The van der Waals surface area contributed by atoms with Crippen molar-refractivity contribution in [1.82, 2.24) is 19.9 Å². The van der Waals surface area contributed by atoms with Gasteiger partial charge in [0.2, 0.25) is 5.91 Å². The molecule has 0 atom stereocenters. The number of amides is 1. The summed E-state index contributed by atoms with van der Waals surface area (Å²) in [5.74, 6) is 0.305. The number of pyridine rings is 3. The number of fused-ring (bicyclic) bond motifs is 1. The number of carbonyl (C=O) groups excluding carboxylic acids is 1. The van der Waals surface area contributed by atoms with E-state index >= 15 is 0 Å². The van der Waals surface area contributed by atoms with Crippen LogP contribution in [0.5, 0.6) is 0 Å². The number of halogens is 1. The van der Waals surface area contributed by atoms with Crippen LogP contribution in [0.3, 0.4) is 0 Å². The van der Waals surface area contributed by atoms with Crippen molar-refractivity contribution in [2.45, 2.75) is 20.8 Å². The van der Waals surface area contributed by atoms with Crippen LogP contribution < -0.4 is 5.32 Å². The summed E-state index contributed by atoms with van der Waals surface area (Å²) in [5.41, 5.74) is 7.09. The molecule has 4 aromatic rings. The number of hydrogen-bond donors (Lipinski definition) is 2. The SMILES string of the molecule is CC(=O)Nc1cc(-c2[nH]c3cc(Cl)cnc3c2-c2ccc(C)c(C)n2)ccn1. The van der Waals surface area contributed by atoms with E-state index < -0.39 is 0 Å². The van der Waals surface area contributed by atoms with Crippen molar-refractivity contribution in [3.8, 4) is 22.5 Å². The zero-order valence-corrected chi connectivity index (χ0v) is 16.4. The van der Waals surface area contributed by atoms with E-state index in [2.05, 4.69) is 20.3 Å². The van der Waals surface area contributed by atoms with Crippen LogP contribution in [0.2, 0.25) is 5.02 Å². The molecule has 0 unspecified atom stereocenters. The van der Waals surface area contributed by atoms with Crippen LogP contribution in [0, 0.1) is 13.8 Å². The zero-order valence-electron chi connectivity index (χ0n) is 15.7. The Balaban J connectivity index is 1.98. The lowest BCUT2D eigenvalue weighted by molar-refractivity contribution is -0.114. The molecule has 0 aliphatic rings. The quantitative estimate of drug-likeness (QED) is 0.519. The Morgan fingerprint density at radius 1 is 1.14 bits per heavy atom. The molecular weight excluding hydrogens is 374 g/mol. The number of aryl methyl sites for hydroxylation is 2. The van der Waals surface area contributed by atoms with Crippen LogP contribution in [0.4, 0.5) is 5.82 Å². The van der Waals surface area contributed by atoms with E-state index in [0.717, 1.165) is 44.8 Å². The number of aromatic amines is 1. The molecule has 2 N–H and O–H groups in total. The van der Waals surface area contributed by atoms with Crippen LogP contribution in [0.15, 0.2) is 42.7 Å². The molecule has 4 heterocycles. The highest BCUT2D eigenvalue weighted by molar-refractivity contribution is 6.31. The minimum atomic E-state index is -0.175. The minimum Gasteiger partial charge on any atom is -0.353 e.